The monoisotopic (exact) mass is 1620 g/mol. The summed E-state index contributed by atoms with van der Waals surface area (Å²) in [6, 6.07) is 27.0. The molecule has 12 heterocycles. The van der Waals surface area contributed by atoms with Crippen LogP contribution < -0.4 is 66.9 Å². The number of carbonyl (C=O) groups is 6. The van der Waals surface area contributed by atoms with Crippen LogP contribution in [0.25, 0.3) is 43.6 Å². The van der Waals surface area contributed by atoms with Gasteiger partial charge >= 0.3 is 0 Å². The molecule has 16 rings (SSSR count). The van der Waals surface area contributed by atoms with E-state index in [1.54, 1.807) is 50.8 Å². The molecule has 5 atom stereocenters. The normalized spacial score (nSPS) is 19.2. The zero-order valence-electron chi connectivity index (χ0n) is 66.1. The van der Waals surface area contributed by atoms with Gasteiger partial charge in [-0.15, -0.1) is 0 Å². The van der Waals surface area contributed by atoms with E-state index in [-0.39, 0.29) is 35.1 Å². The number of nitrogens with one attached hydrogen (secondary N) is 5. The Hall–Kier alpha value is -11.5. The van der Waals surface area contributed by atoms with Crippen molar-refractivity contribution in [1.82, 2.24) is 79.5 Å². The maximum absolute atomic E-state index is 13.8. The minimum absolute atomic E-state index is 0.106. The van der Waals surface area contributed by atoms with Crippen molar-refractivity contribution in [3.8, 4) is 11.5 Å². The average Bonchev–Trinajstić information content (AvgIpc) is 1.58. The molecule has 0 saturated carbocycles. The second-order valence-electron chi connectivity index (χ2n) is 31.3. The second-order valence-corrected chi connectivity index (χ2v) is 32.1. The highest BCUT2D eigenvalue weighted by atomic mass is 35.5. The van der Waals surface area contributed by atoms with Gasteiger partial charge in [-0.1, -0.05) is 47.5 Å². The number of anilines is 8. The van der Waals surface area contributed by atoms with Crippen LogP contribution in [-0.2, 0) is 57.0 Å². The lowest BCUT2D eigenvalue weighted by atomic mass is 9.88. The van der Waals surface area contributed by atoms with Gasteiger partial charge in [-0.05, 0) is 132 Å². The minimum atomic E-state index is -1.26. The number of hydrogen-bond acceptors (Lipinski definition) is 24. The number of hydrazine groups is 1. The maximum Gasteiger partial charge on any atom is 0.293 e. The number of benzene rings is 4. The van der Waals surface area contributed by atoms with Gasteiger partial charge in [0.25, 0.3) is 22.9 Å². The van der Waals surface area contributed by atoms with E-state index >= 15 is 0 Å². The van der Waals surface area contributed by atoms with E-state index in [4.69, 9.17) is 52.8 Å². The Labute approximate surface area is 678 Å². The summed E-state index contributed by atoms with van der Waals surface area (Å²) in [5.74, 6) is -0.761. The van der Waals surface area contributed by atoms with Crippen molar-refractivity contribution in [2.45, 2.75) is 102 Å². The van der Waals surface area contributed by atoms with Crippen LogP contribution in [0.2, 0.25) is 10.0 Å². The molecular weight excluding hydrogens is 1520 g/mol. The number of fused-ring (bicyclic) bond motifs is 4. The molecule has 34 heteroatoms. The number of rotatable bonds is 20. The summed E-state index contributed by atoms with van der Waals surface area (Å²) in [7, 11) is 8.39. The van der Waals surface area contributed by atoms with Gasteiger partial charge in [-0.3, -0.25) is 78.6 Å². The number of hydrogen-bond donors (Lipinski definition) is 5. The molecule has 0 radical (unpaired) electrons. The third-order valence-corrected chi connectivity index (χ3v) is 25.0. The Morgan fingerprint density at radius 3 is 1.41 bits per heavy atom. The largest absolute Gasteiger partial charge is 0.478 e. The van der Waals surface area contributed by atoms with E-state index < -0.39 is 47.5 Å². The van der Waals surface area contributed by atoms with Gasteiger partial charge in [0.1, 0.15) is 10.0 Å². The summed E-state index contributed by atoms with van der Waals surface area (Å²) in [5.41, 5.74) is 9.58. The molecule has 3 unspecified atom stereocenters. The molecule has 6 amide bonds. The van der Waals surface area contributed by atoms with Crippen molar-refractivity contribution < 1.29 is 38.2 Å². The number of pyridine rings is 2. The third-order valence-electron chi connectivity index (χ3n) is 24.4. The fourth-order valence-corrected chi connectivity index (χ4v) is 17.9. The molecule has 6 aliphatic rings. The predicted molar refractivity (Wildman–Crippen MR) is 444 cm³/mol. The van der Waals surface area contributed by atoms with E-state index in [0.29, 0.717) is 116 Å². The minimum Gasteiger partial charge on any atom is -0.478 e. The molecule has 606 valence electrons. The van der Waals surface area contributed by atoms with Crippen LogP contribution >= 0.6 is 23.2 Å². The molecule has 0 spiro atoms. The molecular formula is C82H94Cl2N22O10. The van der Waals surface area contributed by atoms with E-state index in [2.05, 4.69) is 92.0 Å². The highest BCUT2D eigenvalue weighted by Gasteiger charge is 2.38. The van der Waals surface area contributed by atoms with Gasteiger partial charge in [0.2, 0.25) is 35.5 Å². The van der Waals surface area contributed by atoms with Crippen LogP contribution in [0.5, 0.6) is 11.5 Å². The van der Waals surface area contributed by atoms with Crippen molar-refractivity contribution >= 4 is 149 Å². The molecule has 116 heavy (non-hydrogen) atoms. The summed E-state index contributed by atoms with van der Waals surface area (Å²) in [4.78, 5) is 138. The zero-order valence-corrected chi connectivity index (χ0v) is 67.6. The Morgan fingerprint density at radius 2 is 0.974 bits per heavy atom. The second kappa shape index (κ2) is 32.7. The first-order chi connectivity index (χ1) is 55.9. The quantitative estimate of drug-likeness (QED) is 0.0359. The summed E-state index contributed by atoms with van der Waals surface area (Å²) < 4.78 is 18.5. The summed E-state index contributed by atoms with van der Waals surface area (Å²) in [6.07, 6.45) is 7.51. The lowest BCUT2D eigenvalue weighted by molar-refractivity contribution is -0.143. The first kappa shape index (κ1) is 78.4. The summed E-state index contributed by atoms with van der Waals surface area (Å²) in [5, 5.41) is 26.0. The number of imide groups is 2. The van der Waals surface area contributed by atoms with Crippen LogP contribution in [0, 0.1) is 11.8 Å². The number of halogens is 2. The molecule has 32 nitrogen and oxygen atoms in total. The van der Waals surface area contributed by atoms with Crippen molar-refractivity contribution in [2.75, 3.05) is 122 Å². The fraction of sp³-hybridized carbons (Fsp3) is 0.439. The highest BCUT2D eigenvalue weighted by Crippen LogP contribution is 2.41. The van der Waals surface area contributed by atoms with Crippen molar-refractivity contribution in [3.63, 3.8) is 0 Å². The van der Waals surface area contributed by atoms with E-state index in [9.17, 15) is 38.4 Å². The maximum atomic E-state index is 13.8. The van der Waals surface area contributed by atoms with Crippen LogP contribution in [0.3, 0.4) is 0 Å². The van der Waals surface area contributed by atoms with Gasteiger partial charge < -0.3 is 48.8 Å². The Balaban J connectivity index is 0.488. The number of piperidine rings is 4. The molecule has 10 aromatic rings. The van der Waals surface area contributed by atoms with E-state index in [1.165, 1.54) is 23.1 Å². The van der Waals surface area contributed by atoms with Gasteiger partial charge in [-0.2, -0.15) is 20.2 Å². The number of ether oxygens (including phenoxy) is 2. The number of carbonyl (C=O) groups excluding carboxylic acids is 6. The van der Waals surface area contributed by atoms with E-state index in [1.807, 2.05) is 72.0 Å². The number of likely N-dealkylation sites (N-methyl/N-ethyl adjacent to an activating group) is 1. The first-order valence-electron chi connectivity index (χ1n) is 39.7. The molecule has 6 aliphatic heterocycles. The van der Waals surface area contributed by atoms with Crippen LogP contribution in [0.15, 0.2) is 107 Å². The van der Waals surface area contributed by atoms with Crippen molar-refractivity contribution in [2.24, 2.45) is 40.0 Å². The first-order valence-corrected chi connectivity index (χ1v) is 40.4. The molecule has 6 saturated heterocycles. The Morgan fingerprint density at radius 1 is 0.543 bits per heavy atom. The fourth-order valence-electron chi connectivity index (χ4n) is 17.6. The van der Waals surface area contributed by atoms with Gasteiger partial charge in [0, 0.05) is 172 Å². The smallest absolute Gasteiger partial charge is 0.293 e. The predicted octanol–water partition coefficient (Wildman–Crippen LogP) is 7.77. The lowest BCUT2D eigenvalue weighted by Crippen LogP contribution is -2.53. The van der Waals surface area contributed by atoms with E-state index in [0.717, 1.165) is 154 Å². The summed E-state index contributed by atoms with van der Waals surface area (Å²) >= 11 is 13.5. The van der Waals surface area contributed by atoms with Gasteiger partial charge in [0.15, 0.2) is 35.8 Å². The van der Waals surface area contributed by atoms with Gasteiger partial charge in [0.05, 0.1) is 69.1 Å². The highest BCUT2D eigenvalue weighted by molar-refractivity contribution is 6.33. The molecule has 0 aliphatic carbocycles. The number of amides is 6. The van der Waals surface area contributed by atoms with Crippen molar-refractivity contribution in [3.05, 3.63) is 139 Å². The lowest BCUT2D eigenvalue weighted by Gasteiger charge is -2.43. The Bertz CT molecular complexity index is 5660. The number of para-hydroxylation sites is 2. The number of aromatic nitrogens is 10. The molecule has 0 bridgehead atoms. The van der Waals surface area contributed by atoms with Gasteiger partial charge in [-0.25, -0.2) is 9.97 Å². The Kier molecular flexibility index (Phi) is 22.1. The van der Waals surface area contributed by atoms with Crippen LogP contribution in [-0.4, -0.2) is 209 Å². The average molecular weight is 1620 g/mol. The van der Waals surface area contributed by atoms with Crippen LogP contribution in [0.4, 0.5) is 46.3 Å². The number of nitrogens with zero attached hydrogens (tertiary/aromatic N) is 17. The standard InChI is InChI=1S/C82H94Cl2N22O10/c1-46(49-23-27-103(28-24-49)63-13-9-11-55-70(93-99(7)72(55)63)57-17-21-67(107)89-77(57)111)101-31-35-105(36-32-101)81-85-43-59(83)74(91-81)87-53-15-19-61-51(39-53)41-65(79(113)96(61)4)115-45-69(109)98(6)95-76(110)48(3)116-66-42-52-40-54(16-20-62(52)97(5)80(66)114)88-75-60(84)44-86-82(92-75)106-37-33-102(34-38-106)47(2)50-25-29-104(30-26-50)64-14-10-12-56-71(94-100(8)73(56)64)58-18-22-68(108)90-78(58)112/h9-16,19-20,39-44,46-50,57-58H,17-18,21-38,45H2,1-8H3,(H,95,110)(H,85,87,91)(H,86,88,92)(H,89,107,111)(H,90,108,112)/t46-,47-,48?,57?,58?/m0/s1. The number of aryl methyl sites for hydroxylation is 4. The molecule has 6 aromatic heterocycles. The zero-order chi connectivity index (χ0) is 81.1. The van der Waals surface area contributed by atoms with Crippen molar-refractivity contribution in [1.29, 1.82) is 0 Å². The topological polar surface area (TPSA) is 335 Å². The molecule has 6 fully saturated rings. The number of piperazine rings is 2. The summed E-state index contributed by atoms with van der Waals surface area (Å²) in [6.45, 7) is 15.3. The SMILES string of the molecule is CC(Oc1cc2cc(Nc3nc(N4CCN([C@@H](C)C5CCN(c6cccc7c(C8CCC(=O)NC8=O)nn(C)c67)CC5)CC4)ncc3Cl)ccc2n(C)c1=O)C(=O)NN(C)C(=O)COc1cc2cc(Nc3nc(N4CCN([C@@H](C)C5CCN(c6cccc7c(C8CCC(=O)NC8=O)nn(C)c67)CC5)CC4)ncc3Cl)ccc2n(C)c1=O. The third kappa shape index (κ3) is 15.7. The molecule has 5 N–H and O–H groups in total. The van der Waals surface area contributed by atoms with Crippen LogP contribution in [0.1, 0.15) is 95.4 Å². The molecule has 4 aromatic carbocycles.